The van der Waals surface area contributed by atoms with Crippen LogP contribution in [0.2, 0.25) is 5.02 Å². The Morgan fingerprint density at radius 3 is 2.66 bits per heavy atom. The Morgan fingerprint density at radius 2 is 1.94 bits per heavy atom. The predicted octanol–water partition coefficient (Wildman–Crippen LogP) is 5.14. The number of hydrogen-bond acceptors (Lipinski definition) is 6. The smallest absolute Gasteiger partial charge is 0.412 e. The molecule has 0 unspecified atom stereocenters. The van der Waals surface area contributed by atoms with Crippen LogP contribution in [0.5, 0.6) is 0 Å². The molecule has 3 rings (SSSR count). The molecule has 168 valence electrons. The van der Waals surface area contributed by atoms with Gasteiger partial charge in [0, 0.05) is 5.02 Å². The topological polar surface area (TPSA) is 98.1 Å². The second-order valence-electron chi connectivity index (χ2n) is 7.62. The van der Waals surface area contributed by atoms with Gasteiger partial charge in [-0.3, -0.25) is 14.7 Å². The van der Waals surface area contributed by atoms with Gasteiger partial charge in [-0.1, -0.05) is 29.4 Å². The van der Waals surface area contributed by atoms with E-state index in [0.29, 0.717) is 10.2 Å². The fraction of sp³-hybridized carbons (Fsp3) is 0.238. The fourth-order valence-corrected chi connectivity index (χ4v) is 3.50. The maximum atomic E-state index is 13.8. The lowest BCUT2D eigenvalue weighted by molar-refractivity contribution is -0.113. The molecule has 0 aliphatic heterocycles. The van der Waals surface area contributed by atoms with Crippen LogP contribution in [0.3, 0.4) is 0 Å². The lowest BCUT2D eigenvalue weighted by Gasteiger charge is -2.20. The first-order chi connectivity index (χ1) is 15.1. The van der Waals surface area contributed by atoms with Crippen LogP contribution in [-0.4, -0.2) is 38.1 Å². The third-order valence-corrected chi connectivity index (χ3v) is 5.00. The van der Waals surface area contributed by atoms with Gasteiger partial charge in [-0.15, -0.1) is 10.2 Å². The molecule has 11 heteroatoms. The van der Waals surface area contributed by atoms with Gasteiger partial charge in [0.2, 0.25) is 5.91 Å². The van der Waals surface area contributed by atoms with E-state index in [-0.39, 0.29) is 17.1 Å². The number of carbonyl (C=O) groups excluding carboxylic acids is 2. The minimum atomic E-state index is -0.719. The molecule has 2 amide bonds. The van der Waals surface area contributed by atoms with E-state index in [1.165, 1.54) is 18.5 Å². The van der Waals surface area contributed by atoms with Crippen LogP contribution >= 0.6 is 23.4 Å². The van der Waals surface area contributed by atoms with Crippen molar-refractivity contribution >= 4 is 46.7 Å². The van der Waals surface area contributed by atoms with Gasteiger partial charge >= 0.3 is 6.09 Å². The molecule has 0 saturated carbocycles. The molecular weight excluding hydrogens is 457 g/mol. The third-order valence-electron chi connectivity index (χ3n) is 3.83. The standard InChI is InChI=1S/C21H21ClFN5O3S/c1-21(2,3)31-20(30)26-16-8-7-14(23)10-17(16)25-18(29)11-32-19-27-24-12-28(19)15-6-4-5-13(22)9-15/h4-10,12H,11H2,1-3H3,(H,25,29)(H,26,30). The van der Waals surface area contributed by atoms with Gasteiger partial charge in [0.05, 0.1) is 22.8 Å². The molecule has 0 bridgehead atoms. The summed E-state index contributed by atoms with van der Waals surface area (Å²) in [7, 11) is 0. The first-order valence-corrected chi connectivity index (χ1v) is 10.9. The maximum absolute atomic E-state index is 13.8. The van der Waals surface area contributed by atoms with Gasteiger partial charge in [0.15, 0.2) is 5.16 Å². The minimum absolute atomic E-state index is 0.0261. The first kappa shape index (κ1) is 23.6. The van der Waals surface area contributed by atoms with E-state index in [9.17, 15) is 14.0 Å². The van der Waals surface area contributed by atoms with Crippen LogP contribution in [0.25, 0.3) is 5.69 Å². The van der Waals surface area contributed by atoms with Crippen molar-refractivity contribution < 1.29 is 18.7 Å². The van der Waals surface area contributed by atoms with Crippen molar-refractivity contribution in [3.63, 3.8) is 0 Å². The Kier molecular flexibility index (Phi) is 7.37. The highest BCUT2D eigenvalue weighted by Crippen LogP contribution is 2.25. The zero-order valence-electron chi connectivity index (χ0n) is 17.6. The van der Waals surface area contributed by atoms with Crippen molar-refractivity contribution in [1.29, 1.82) is 0 Å². The number of amides is 2. The van der Waals surface area contributed by atoms with E-state index < -0.39 is 23.4 Å². The summed E-state index contributed by atoms with van der Waals surface area (Å²) < 4.78 is 20.7. The van der Waals surface area contributed by atoms with Gasteiger partial charge in [0.25, 0.3) is 0 Å². The molecule has 1 heterocycles. The lowest BCUT2D eigenvalue weighted by Crippen LogP contribution is -2.27. The summed E-state index contributed by atoms with van der Waals surface area (Å²) in [6.45, 7) is 5.16. The summed E-state index contributed by atoms with van der Waals surface area (Å²) in [6, 6.07) is 10.8. The molecule has 8 nitrogen and oxygen atoms in total. The van der Waals surface area contributed by atoms with Crippen molar-refractivity contribution in [3.8, 4) is 5.69 Å². The van der Waals surface area contributed by atoms with Crippen molar-refractivity contribution in [1.82, 2.24) is 14.8 Å². The molecule has 0 atom stereocenters. The summed E-state index contributed by atoms with van der Waals surface area (Å²) in [5, 5.41) is 14.1. The van der Waals surface area contributed by atoms with E-state index in [4.69, 9.17) is 16.3 Å². The summed E-state index contributed by atoms with van der Waals surface area (Å²) >= 11 is 7.18. The largest absolute Gasteiger partial charge is 0.444 e. The number of halogens is 2. The zero-order chi connectivity index (χ0) is 23.3. The number of anilines is 2. The molecule has 0 saturated heterocycles. The van der Waals surface area contributed by atoms with Gasteiger partial charge in [-0.25, -0.2) is 9.18 Å². The number of hydrogen-bond donors (Lipinski definition) is 2. The average Bonchev–Trinajstić information content (AvgIpc) is 3.16. The third kappa shape index (κ3) is 6.69. The predicted molar refractivity (Wildman–Crippen MR) is 122 cm³/mol. The van der Waals surface area contributed by atoms with Crippen molar-refractivity contribution in [2.24, 2.45) is 0 Å². The molecule has 0 spiro atoms. The number of benzene rings is 2. The number of thioether (sulfide) groups is 1. The molecule has 0 fully saturated rings. The van der Waals surface area contributed by atoms with E-state index in [1.807, 2.05) is 6.07 Å². The number of aromatic nitrogens is 3. The number of carbonyl (C=O) groups is 2. The van der Waals surface area contributed by atoms with Gasteiger partial charge in [-0.05, 0) is 57.2 Å². The number of rotatable bonds is 6. The van der Waals surface area contributed by atoms with Gasteiger partial charge < -0.3 is 10.1 Å². The second-order valence-corrected chi connectivity index (χ2v) is 9.00. The normalized spacial score (nSPS) is 11.2. The van der Waals surface area contributed by atoms with E-state index in [2.05, 4.69) is 20.8 Å². The van der Waals surface area contributed by atoms with Crippen LogP contribution in [0.1, 0.15) is 20.8 Å². The zero-order valence-corrected chi connectivity index (χ0v) is 19.1. The number of nitrogens with one attached hydrogen (secondary N) is 2. The Balaban J connectivity index is 1.67. The molecular formula is C21H21ClFN5O3S. The number of nitrogens with zero attached hydrogens (tertiary/aromatic N) is 3. The van der Waals surface area contributed by atoms with E-state index >= 15 is 0 Å². The summed E-state index contributed by atoms with van der Waals surface area (Å²) in [5.74, 6) is -1.02. The monoisotopic (exact) mass is 477 g/mol. The molecule has 1 aromatic heterocycles. The summed E-state index contributed by atoms with van der Waals surface area (Å²) in [6.07, 6.45) is 0.796. The first-order valence-electron chi connectivity index (χ1n) is 9.49. The van der Waals surface area contributed by atoms with E-state index in [0.717, 1.165) is 23.5 Å². The van der Waals surface area contributed by atoms with Crippen LogP contribution in [0.4, 0.5) is 20.6 Å². The van der Waals surface area contributed by atoms with Crippen LogP contribution in [0, 0.1) is 5.82 Å². The van der Waals surface area contributed by atoms with Crippen LogP contribution in [0.15, 0.2) is 53.9 Å². The molecule has 3 aromatic rings. The Hall–Kier alpha value is -3.11. The van der Waals surface area contributed by atoms with Crippen LogP contribution in [-0.2, 0) is 9.53 Å². The molecule has 2 aromatic carbocycles. The summed E-state index contributed by atoms with van der Waals surface area (Å²) in [5.41, 5.74) is 0.363. The van der Waals surface area contributed by atoms with Crippen molar-refractivity contribution in [2.75, 3.05) is 16.4 Å². The Bertz CT molecular complexity index is 1130. The highest BCUT2D eigenvalue weighted by Gasteiger charge is 2.18. The molecule has 2 N–H and O–H groups in total. The fourth-order valence-electron chi connectivity index (χ4n) is 2.58. The average molecular weight is 478 g/mol. The van der Waals surface area contributed by atoms with Gasteiger partial charge in [0.1, 0.15) is 17.7 Å². The van der Waals surface area contributed by atoms with Gasteiger partial charge in [-0.2, -0.15) is 0 Å². The Morgan fingerprint density at radius 1 is 1.16 bits per heavy atom. The van der Waals surface area contributed by atoms with Crippen molar-refractivity contribution in [3.05, 3.63) is 59.6 Å². The lowest BCUT2D eigenvalue weighted by atomic mass is 10.2. The van der Waals surface area contributed by atoms with E-state index in [1.54, 1.807) is 43.5 Å². The molecule has 0 aliphatic rings. The Labute approximate surface area is 193 Å². The number of ether oxygens (including phenoxy) is 1. The highest BCUT2D eigenvalue weighted by atomic mass is 35.5. The SMILES string of the molecule is CC(C)(C)OC(=O)Nc1ccc(F)cc1NC(=O)CSc1nncn1-c1cccc(Cl)c1. The van der Waals surface area contributed by atoms with Crippen LogP contribution < -0.4 is 10.6 Å². The maximum Gasteiger partial charge on any atom is 0.412 e. The summed E-state index contributed by atoms with van der Waals surface area (Å²) in [4.78, 5) is 24.6. The minimum Gasteiger partial charge on any atom is -0.444 e. The molecule has 32 heavy (non-hydrogen) atoms. The van der Waals surface area contributed by atoms with Crippen molar-refractivity contribution in [2.45, 2.75) is 31.5 Å². The quantitative estimate of drug-likeness (QED) is 0.477. The highest BCUT2D eigenvalue weighted by molar-refractivity contribution is 7.99. The second kappa shape index (κ2) is 10.0. The molecule has 0 aliphatic carbocycles. The molecule has 0 radical (unpaired) electrons.